The van der Waals surface area contributed by atoms with Crippen molar-refractivity contribution in [2.45, 2.75) is 38.1 Å². The summed E-state index contributed by atoms with van der Waals surface area (Å²) < 4.78 is 39.9. The molecule has 0 aromatic heterocycles. The second-order valence-corrected chi connectivity index (χ2v) is 5.41. The zero-order chi connectivity index (χ0) is 17.6. The maximum atomic E-state index is 12.0. The highest BCUT2D eigenvalue weighted by Gasteiger charge is 2.30. The number of ether oxygens (including phenoxy) is 1. The van der Waals surface area contributed by atoms with Crippen molar-refractivity contribution in [2.24, 2.45) is 10.7 Å². The number of rotatable bonds is 7. The van der Waals surface area contributed by atoms with Crippen LogP contribution in [0.2, 0.25) is 0 Å². The lowest BCUT2D eigenvalue weighted by Crippen LogP contribution is -2.25. The number of aliphatic imine (C=N–C) groups is 1. The summed E-state index contributed by atoms with van der Waals surface area (Å²) in [6.07, 6.45) is -1.67. The van der Waals surface area contributed by atoms with Crippen LogP contribution in [0.1, 0.15) is 25.7 Å². The molecule has 9 heteroatoms. The van der Waals surface area contributed by atoms with Gasteiger partial charge in [-0.15, -0.1) is 13.2 Å². The summed E-state index contributed by atoms with van der Waals surface area (Å²) >= 11 is 0. The number of halogens is 3. The zero-order valence-electron chi connectivity index (χ0n) is 12.9. The van der Waals surface area contributed by atoms with Crippen molar-refractivity contribution in [3.8, 4) is 5.75 Å². The molecule has 0 bridgehead atoms. The molecule has 4 N–H and O–H groups in total. The molecular formula is C15H19F3N4O2. The number of benzene rings is 1. The number of carbonyl (C=O) groups is 1. The number of alkyl halides is 3. The van der Waals surface area contributed by atoms with Gasteiger partial charge in [-0.05, 0) is 43.5 Å². The highest BCUT2D eigenvalue weighted by atomic mass is 19.4. The fourth-order valence-corrected chi connectivity index (χ4v) is 1.89. The van der Waals surface area contributed by atoms with Gasteiger partial charge in [0.25, 0.3) is 0 Å². The second-order valence-electron chi connectivity index (χ2n) is 5.41. The van der Waals surface area contributed by atoms with Gasteiger partial charge >= 0.3 is 6.36 Å². The third-order valence-electron chi connectivity index (χ3n) is 3.15. The van der Waals surface area contributed by atoms with Gasteiger partial charge in [0.15, 0.2) is 5.96 Å². The fourth-order valence-electron chi connectivity index (χ4n) is 1.89. The van der Waals surface area contributed by atoms with Crippen LogP contribution in [0.3, 0.4) is 0 Å². The summed E-state index contributed by atoms with van der Waals surface area (Å²) in [7, 11) is 0. The molecule has 0 atom stereocenters. The predicted molar refractivity (Wildman–Crippen MR) is 83.6 cm³/mol. The summed E-state index contributed by atoms with van der Waals surface area (Å²) in [6, 6.07) is 5.48. The Morgan fingerprint density at radius 3 is 2.54 bits per heavy atom. The molecule has 1 aromatic rings. The fraction of sp³-hybridized carbons (Fsp3) is 0.467. The minimum absolute atomic E-state index is 0.0134. The summed E-state index contributed by atoms with van der Waals surface area (Å²) in [5, 5.41) is 5.63. The maximum Gasteiger partial charge on any atom is 0.573 e. The number of guanidine groups is 1. The molecule has 0 radical (unpaired) electrons. The molecule has 0 aliphatic heterocycles. The van der Waals surface area contributed by atoms with E-state index in [0.717, 1.165) is 12.8 Å². The number of carbonyl (C=O) groups excluding carboxylic acids is 1. The van der Waals surface area contributed by atoms with Crippen LogP contribution >= 0.6 is 0 Å². The Morgan fingerprint density at radius 1 is 1.29 bits per heavy atom. The number of nitrogens with zero attached hydrogens (tertiary/aromatic N) is 1. The van der Waals surface area contributed by atoms with Gasteiger partial charge in [-0.3, -0.25) is 9.79 Å². The molecular weight excluding hydrogens is 325 g/mol. The average Bonchev–Trinajstić information content (AvgIpc) is 3.28. The average molecular weight is 344 g/mol. The number of nitrogens with one attached hydrogen (secondary N) is 2. The van der Waals surface area contributed by atoms with Crippen molar-refractivity contribution in [1.29, 1.82) is 0 Å². The van der Waals surface area contributed by atoms with Crippen LogP contribution in [0, 0.1) is 0 Å². The Kier molecular flexibility index (Phi) is 5.88. The van der Waals surface area contributed by atoms with Gasteiger partial charge in [0, 0.05) is 24.7 Å². The molecule has 2 rings (SSSR count). The van der Waals surface area contributed by atoms with Crippen molar-refractivity contribution in [3.63, 3.8) is 0 Å². The molecule has 24 heavy (non-hydrogen) atoms. The monoisotopic (exact) mass is 344 g/mol. The number of hydrogen-bond donors (Lipinski definition) is 3. The summed E-state index contributed by atoms with van der Waals surface area (Å²) in [5.74, 6) is -0.174. The zero-order valence-corrected chi connectivity index (χ0v) is 12.9. The third kappa shape index (κ3) is 7.21. The van der Waals surface area contributed by atoms with E-state index < -0.39 is 6.36 Å². The number of amides is 1. The van der Waals surface area contributed by atoms with Crippen molar-refractivity contribution >= 4 is 17.6 Å². The Labute approximate surface area is 137 Å². The van der Waals surface area contributed by atoms with Crippen LogP contribution in [-0.4, -0.2) is 30.8 Å². The van der Waals surface area contributed by atoms with E-state index in [1.807, 2.05) is 0 Å². The smallest absolute Gasteiger partial charge is 0.406 e. The molecule has 1 aliphatic carbocycles. The van der Waals surface area contributed by atoms with Crippen molar-refractivity contribution in [1.82, 2.24) is 5.32 Å². The van der Waals surface area contributed by atoms with Gasteiger partial charge in [0.1, 0.15) is 5.75 Å². The predicted octanol–water partition coefficient (Wildman–Crippen LogP) is 2.37. The topological polar surface area (TPSA) is 88.7 Å². The quantitative estimate of drug-likeness (QED) is 0.402. The third-order valence-corrected chi connectivity index (χ3v) is 3.15. The van der Waals surface area contributed by atoms with Crippen LogP contribution in [0.5, 0.6) is 5.75 Å². The molecule has 1 fully saturated rings. The molecule has 0 unspecified atom stereocenters. The molecule has 1 amide bonds. The SMILES string of the molecule is NC(=NCCCC(=O)NC1CC1)Nc1ccc(OC(F)(F)F)cc1. The normalized spacial score (nSPS) is 15.0. The lowest BCUT2D eigenvalue weighted by molar-refractivity contribution is -0.274. The van der Waals surface area contributed by atoms with E-state index >= 15 is 0 Å². The van der Waals surface area contributed by atoms with Gasteiger partial charge in [0.05, 0.1) is 0 Å². The Bertz CT molecular complexity index is 583. The molecule has 0 spiro atoms. The van der Waals surface area contributed by atoms with Gasteiger partial charge < -0.3 is 21.1 Å². The first-order chi connectivity index (χ1) is 11.3. The Hall–Kier alpha value is -2.45. The van der Waals surface area contributed by atoms with Crippen LogP contribution in [-0.2, 0) is 4.79 Å². The first-order valence-corrected chi connectivity index (χ1v) is 7.54. The Morgan fingerprint density at radius 2 is 1.96 bits per heavy atom. The number of hydrogen-bond acceptors (Lipinski definition) is 3. The van der Waals surface area contributed by atoms with Crippen LogP contribution in [0.4, 0.5) is 18.9 Å². The van der Waals surface area contributed by atoms with Crippen molar-refractivity contribution < 1.29 is 22.7 Å². The summed E-state index contributed by atoms with van der Waals surface area (Å²) in [4.78, 5) is 15.5. The van der Waals surface area contributed by atoms with Crippen LogP contribution in [0.15, 0.2) is 29.3 Å². The first-order valence-electron chi connectivity index (χ1n) is 7.54. The van der Waals surface area contributed by atoms with Gasteiger partial charge in [0.2, 0.25) is 5.91 Å². The lowest BCUT2D eigenvalue weighted by Gasteiger charge is -2.10. The maximum absolute atomic E-state index is 12.0. The van der Waals surface area contributed by atoms with Gasteiger partial charge in [-0.2, -0.15) is 0 Å². The van der Waals surface area contributed by atoms with E-state index in [-0.39, 0.29) is 17.6 Å². The molecule has 1 saturated carbocycles. The minimum atomic E-state index is -4.72. The Balaban J connectivity index is 1.70. The van der Waals surface area contributed by atoms with Crippen LogP contribution < -0.4 is 21.1 Å². The van der Waals surface area contributed by atoms with E-state index in [2.05, 4.69) is 20.4 Å². The molecule has 6 nitrogen and oxygen atoms in total. The molecule has 132 valence electrons. The van der Waals surface area contributed by atoms with E-state index in [0.29, 0.717) is 31.1 Å². The molecule has 0 saturated heterocycles. The van der Waals surface area contributed by atoms with E-state index in [9.17, 15) is 18.0 Å². The van der Waals surface area contributed by atoms with Gasteiger partial charge in [-0.1, -0.05) is 0 Å². The number of anilines is 1. The van der Waals surface area contributed by atoms with Crippen molar-refractivity contribution in [3.05, 3.63) is 24.3 Å². The van der Waals surface area contributed by atoms with Crippen molar-refractivity contribution in [2.75, 3.05) is 11.9 Å². The summed E-state index contributed by atoms with van der Waals surface area (Å²) in [6.45, 7) is 0.381. The van der Waals surface area contributed by atoms with E-state index in [1.54, 1.807) is 0 Å². The standard InChI is InChI=1S/C15H19F3N4O2/c16-15(17,18)24-12-7-5-11(6-8-12)22-14(19)20-9-1-2-13(23)21-10-3-4-10/h5-8,10H,1-4,9H2,(H,21,23)(H3,19,20,22). The van der Waals surface area contributed by atoms with Crippen LogP contribution in [0.25, 0.3) is 0 Å². The second kappa shape index (κ2) is 7.89. The minimum Gasteiger partial charge on any atom is -0.406 e. The molecule has 0 heterocycles. The lowest BCUT2D eigenvalue weighted by atomic mass is 10.3. The van der Waals surface area contributed by atoms with Gasteiger partial charge in [-0.25, -0.2) is 0 Å². The highest BCUT2D eigenvalue weighted by Crippen LogP contribution is 2.23. The molecule has 1 aromatic carbocycles. The number of nitrogens with two attached hydrogens (primary N) is 1. The van der Waals surface area contributed by atoms with E-state index in [1.165, 1.54) is 24.3 Å². The first kappa shape index (κ1) is 17.9. The molecule has 1 aliphatic rings. The summed E-state index contributed by atoms with van der Waals surface area (Å²) in [5.41, 5.74) is 6.16. The largest absolute Gasteiger partial charge is 0.573 e. The highest BCUT2D eigenvalue weighted by molar-refractivity contribution is 5.92. The van der Waals surface area contributed by atoms with E-state index in [4.69, 9.17) is 5.73 Å².